The predicted molar refractivity (Wildman–Crippen MR) is 73.2 cm³/mol. The molecule has 1 aromatic heterocycles. The summed E-state index contributed by atoms with van der Waals surface area (Å²) < 4.78 is 5.51. The van der Waals surface area contributed by atoms with Gasteiger partial charge < -0.3 is 19.6 Å². The average molecular weight is 265 g/mol. The molecule has 0 spiro atoms. The van der Waals surface area contributed by atoms with Gasteiger partial charge in [0.2, 0.25) is 5.89 Å². The molecule has 6 heteroatoms. The minimum absolute atomic E-state index is 0.143. The van der Waals surface area contributed by atoms with E-state index in [1.807, 2.05) is 0 Å². The third kappa shape index (κ3) is 2.60. The molecule has 0 saturated carbocycles. The van der Waals surface area contributed by atoms with Crippen LogP contribution in [0, 0.1) is 0 Å². The molecule has 1 atom stereocenters. The number of piperidine rings is 1. The first-order valence-corrected chi connectivity index (χ1v) is 7.20. The van der Waals surface area contributed by atoms with Gasteiger partial charge in [0.15, 0.2) is 0 Å². The zero-order valence-electron chi connectivity index (χ0n) is 11.9. The van der Waals surface area contributed by atoms with E-state index in [4.69, 9.17) is 4.52 Å². The van der Waals surface area contributed by atoms with Gasteiger partial charge in [-0.1, -0.05) is 0 Å². The van der Waals surface area contributed by atoms with Crippen LogP contribution in [0.25, 0.3) is 0 Å². The fourth-order valence-corrected chi connectivity index (χ4v) is 2.81. The van der Waals surface area contributed by atoms with E-state index in [0.717, 1.165) is 51.0 Å². The third-order valence-electron chi connectivity index (χ3n) is 4.29. The van der Waals surface area contributed by atoms with Crippen LogP contribution in [0.15, 0.2) is 4.52 Å². The van der Waals surface area contributed by atoms with Crippen molar-refractivity contribution in [3.8, 4) is 0 Å². The number of anilines is 1. The number of rotatable bonds is 2. The summed E-state index contributed by atoms with van der Waals surface area (Å²) >= 11 is 0. The summed E-state index contributed by atoms with van der Waals surface area (Å²) in [5.74, 6) is 1.48. The highest BCUT2D eigenvalue weighted by atomic mass is 16.5. The molecule has 2 aliphatic heterocycles. The van der Waals surface area contributed by atoms with E-state index in [-0.39, 0.29) is 5.54 Å². The minimum Gasteiger partial charge on any atom is -0.336 e. The van der Waals surface area contributed by atoms with Crippen LogP contribution in [0.1, 0.15) is 32.1 Å². The Labute approximate surface area is 114 Å². The highest BCUT2D eigenvalue weighted by molar-refractivity contribution is 5.29. The Morgan fingerprint density at radius 2 is 2.00 bits per heavy atom. The Morgan fingerprint density at radius 3 is 2.68 bits per heavy atom. The van der Waals surface area contributed by atoms with Gasteiger partial charge in [0, 0.05) is 26.2 Å². The number of hydrogen-bond donors (Lipinski definition) is 1. The van der Waals surface area contributed by atoms with Crippen LogP contribution >= 0.6 is 0 Å². The first-order valence-electron chi connectivity index (χ1n) is 7.20. The molecule has 3 heterocycles. The van der Waals surface area contributed by atoms with Crippen molar-refractivity contribution < 1.29 is 4.52 Å². The van der Waals surface area contributed by atoms with E-state index in [2.05, 4.69) is 39.2 Å². The van der Waals surface area contributed by atoms with Gasteiger partial charge in [0.05, 0.1) is 5.54 Å². The van der Waals surface area contributed by atoms with Crippen LogP contribution in [0.2, 0.25) is 0 Å². The standard InChI is InChI=1S/C13H23N5O/c1-13(5-3-4-6-14-13)11-15-12(16-19-11)18-9-7-17(2)8-10-18/h14H,3-10H2,1-2H3. The van der Waals surface area contributed by atoms with Gasteiger partial charge >= 0.3 is 0 Å². The van der Waals surface area contributed by atoms with E-state index in [1.165, 1.54) is 12.8 Å². The lowest BCUT2D eigenvalue weighted by Gasteiger charge is -2.32. The summed E-state index contributed by atoms with van der Waals surface area (Å²) in [7, 11) is 2.14. The van der Waals surface area contributed by atoms with Gasteiger partial charge in [-0.3, -0.25) is 0 Å². The number of piperazine rings is 1. The number of hydrogen-bond acceptors (Lipinski definition) is 6. The summed E-state index contributed by atoms with van der Waals surface area (Å²) in [5, 5.41) is 7.68. The lowest BCUT2D eigenvalue weighted by atomic mass is 9.91. The van der Waals surface area contributed by atoms with Crippen molar-refractivity contribution >= 4 is 5.95 Å². The van der Waals surface area contributed by atoms with Crippen molar-refractivity contribution in [1.82, 2.24) is 20.4 Å². The molecule has 0 aromatic carbocycles. The van der Waals surface area contributed by atoms with Crippen LogP contribution < -0.4 is 10.2 Å². The molecule has 0 amide bonds. The number of nitrogens with one attached hydrogen (secondary N) is 1. The summed E-state index contributed by atoms with van der Waals surface area (Å²) in [4.78, 5) is 9.15. The Morgan fingerprint density at radius 1 is 1.21 bits per heavy atom. The molecule has 0 aliphatic carbocycles. The SMILES string of the molecule is CN1CCN(c2noc(C3(C)CCCCN3)n2)CC1. The molecule has 6 nitrogen and oxygen atoms in total. The minimum atomic E-state index is -0.143. The summed E-state index contributed by atoms with van der Waals surface area (Å²) in [6.07, 6.45) is 3.52. The molecule has 2 aliphatic rings. The van der Waals surface area contributed by atoms with Gasteiger partial charge in [-0.2, -0.15) is 4.98 Å². The van der Waals surface area contributed by atoms with Crippen molar-refractivity contribution in [2.75, 3.05) is 44.7 Å². The van der Waals surface area contributed by atoms with Gasteiger partial charge in [-0.15, -0.1) is 0 Å². The Bertz CT molecular complexity index is 418. The number of nitrogens with zero attached hydrogens (tertiary/aromatic N) is 4. The average Bonchev–Trinajstić information content (AvgIpc) is 2.91. The topological polar surface area (TPSA) is 57.4 Å². The zero-order chi connectivity index (χ0) is 13.3. The van der Waals surface area contributed by atoms with Crippen LogP contribution in [-0.2, 0) is 5.54 Å². The maximum Gasteiger partial charge on any atom is 0.266 e. The highest BCUT2D eigenvalue weighted by Crippen LogP contribution is 2.29. The second-order valence-electron chi connectivity index (χ2n) is 5.91. The quantitative estimate of drug-likeness (QED) is 0.854. The molecular formula is C13H23N5O. The molecule has 3 rings (SSSR count). The van der Waals surface area contributed by atoms with E-state index < -0.39 is 0 Å². The first kappa shape index (κ1) is 12.9. The van der Waals surface area contributed by atoms with E-state index in [0.29, 0.717) is 0 Å². The second kappa shape index (κ2) is 5.09. The van der Waals surface area contributed by atoms with Gasteiger partial charge in [0.25, 0.3) is 5.95 Å². The van der Waals surface area contributed by atoms with Crippen molar-refractivity contribution in [1.29, 1.82) is 0 Å². The lowest BCUT2D eigenvalue weighted by molar-refractivity contribution is 0.206. The van der Waals surface area contributed by atoms with Crippen LogP contribution in [0.5, 0.6) is 0 Å². The molecular weight excluding hydrogens is 242 g/mol. The molecule has 1 unspecified atom stereocenters. The molecule has 19 heavy (non-hydrogen) atoms. The summed E-state index contributed by atoms with van der Waals surface area (Å²) in [6.45, 7) is 7.24. The zero-order valence-corrected chi connectivity index (χ0v) is 11.9. The molecule has 0 bridgehead atoms. The van der Waals surface area contributed by atoms with E-state index in [1.54, 1.807) is 0 Å². The highest BCUT2D eigenvalue weighted by Gasteiger charge is 2.34. The van der Waals surface area contributed by atoms with E-state index in [9.17, 15) is 0 Å². The largest absolute Gasteiger partial charge is 0.336 e. The predicted octanol–water partition coefficient (Wildman–Crippen LogP) is 0.810. The second-order valence-corrected chi connectivity index (χ2v) is 5.91. The summed E-state index contributed by atoms with van der Waals surface area (Å²) in [5.41, 5.74) is -0.143. The Hall–Kier alpha value is -1.14. The summed E-state index contributed by atoms with van der Waals surface area (Å²) in [6, 6.07) is 0. The normalized spacial score (nSPS) is 29.7. The molecule has 0 radical (unpaired) electrons. The van der Waals surface area contributed by atoms with E-state index >= 15 is 0 Å². The Kier molecular flexibility index (Phi) is 3.45. The van der Waals surface area contributed by atoms with Gasteiger partial charge in [0.1, 0.15) is 0 Å². The maximum absolute atomic E-state index is 5.51. The van der Waals surface area contributed by atoms with Crippen molar-refractivity contribution in [2.45, 2.75) is 31.7 Å². The number of likely N-dealkylation sites (N-methyl/N-ethyl adjacent to an activating group) is 1. The first-order chi connectivity index (χ1) is 9.17. The lowest BCUT2D eigenvalue weighted by Crippen LogP contribution is -2.45. The monoisotopic (exact) mass is 265 g/mol. The van der Waals surface area contributed by atoms with Crippen LogP contribution in [0.4, 0.5) is 5.95 Å². The van der Waals surface area contributed by atoms with Crippen LogP contribution in [-0.4, -0.2) is 54.8 Å². The molecule has 2 saturated heterocycles. The molecule has 1 N–H and O–H groups in total. The Balaban J connectivity index is 1.72. The third-order valence-corrected chi connectivity index (χ3v) is 4.29. The molecule has 106 valence electrons. The maximum atomic E-state index is 5.51. The molecule has 2 fully saturated rings. The van der Waals surface area contributed by atoms with Crippen molar-refractivity contribution in [3.05, 3.63) is 5.89 Å². The van der Waals surface area contributed by atoms with Crippen molar-refractivity contribution in [2.24, 2.45) is 0 Å². The van der Waals surface area contributed by atoms with Crippen molar-refractivity contribution in [3.63, 3.8) is 0 Å². The van der Waals surface area contributed by atoms with Crippen LogP contribution in [0.3, 0.4) is 0 Å². The van der Waals surface area contributed by atoms with Gasteiger partial charge in [-0.25, -0.2) is 0 Å². The molecule has 1 aromatic rings. The number of aromatic nitrogens is 2. The fourth-order valence-electron chi connectivity index (χ4n) is 2.81. The fraction of sp³-hybridized carbons (Fsp3) is 0.846. The van der Waals surface area contributed by atoms with Gasteiger partial charge in [-0.05, 0) is 44.9 Å². The smallest absolute Gasteiger partial charge is 0.266 e.